The Balaban J connectivity index is 1.60. The summed E-state index contributed by atoms with van der Waals surface area (Å²) in [5.41, 5.74) is 4.04. The first-order chi connectivity index (χ1) is 12.6. The van der Waals surface area contributed by atoms with Crippen LogP contribution in [0.4, 0.5) is 0 Å². The van der Waals surface area contributed by atoms with E-state index in [1.54, 1.807) is 6.26 Å². The minimum atomic E-state index is 0.522. The minimum absolute atomic E-state index is 0.522. The monoisotopic (exact) mass is 366 g/mol. The Bertz CT molecular complexity index is 1030. The van der Waals surface area contributed by atoms with Crippen LogP contribution in [0, 0.1) is 13.8 Å². The standard InChI is InChI=1S/C21H19ClN2O2/c1-14-12-16(13-15(2)20(14)22)25-11-9-24-18-7-4-3-6-17(18)23-21(24)19-8-5-10-26-19/h3-8,10,12-13H,9,11H2,1-2H3. The number of para-hydroxylation sites is 2. The van der Waals surface area contributed by atoms with Gasteiger partial charge in [0.25, 0.3) is 0 Å². The van der Waals surface area contributed by atoms with E-state index >= 15 is 0 Å². The normalized spacial score (nSPS) is 11.2. The molecule has 4 rings (SSSR count). The Morgan fingerprint density at radius 3 is 2.58 bits per heavy atom. The van der Waals surface area contributed by atoms with E-state index in [0.29, 0.717) is 13.2 Å². The Kier molecular flexibility index (Phi) is 4.43. The molecule has 0 aliphatic rings. The number of furan rings is 1. The molecule has 0 spiro atoms. The first kappa shape index (κ1) is 16.7. The van der Waals surface area contributed by atoms with E-state index in [0.717, 1.165) is 44.5 Å². The molecule has 2 heterocycles. The van der Waals surface area contributed by atoms with Crippen molar-refractivity contribution in [2.45, 2.75) is 20.4 Å². The molecule has 0 atom stereocenters. The maximum absolute atomic E-state index is 6.23. The van der Waals surface area contributed by atoms with Crippen molar-refractivity contribution in [1.82, 2.24) is 9.55 Å². The van der Waals surface area contributed by atoms with E-state index in [-0.39, 0.29) is 0 Å². The summed E-state index contributed by atoms with van der Waals surface area (Å²) in [6.45, 7) is 5.16. The van der Waals surface area contributed by atoms with Gasteiger partial charge in [0.15, 0.2) is 11.6 Å². The summed E-state index contributed by atoms with van der Waals surface area (Å²) in [6.07, 6.45) is 1.66. The number of imidazole rings is 1. The van der Waals surface area contributed by atoms with Gasteiger partial charge >= 0.3 is 0 Å². The van der Waals surface area contributed by atoms with Crippen molar-refractivity contribution in [1.29, 1.82) is 0 Å². The van der Waals surface area contributed by atoms with Crippen molar-refractivity contribution in [2.24, 2.45) is 0 Å². The lowest BCUT2D eigenvalue weighted by Gasteiger charge is -2.12. The second-order valence-corrected chi connectivity index (χ2v) is 6.65. The van der Waals surface area contributed by atoms with Crippen LogP contribution in [0.5, 0.6) is 5.75 Å². The smallest absolute Gasteiger partial charge is 0.177 e. The summed E-state index contributed by atoms with van der Waals surface area (Å²) in [5.74, 6) is 2.39. The van der Waals surface area contributed by atoms with Gasteiger partial charge in [0.1, 0.15) is 12.4 Å². The lowest BCUT2D eigenvalue weighted by molar-refractivity contribution is 0.300. The predicted molar refractivity (Wildman–Crippen MR) is 104 cm³/mol. The fourth-order valence-corrected chi connectivity index (χ4v) is 3.25. The van der Waals surface area contributed by atoms with Gasteiger partial charge in [-0.3, -0.25) is 0 Å². The molecule has 0 saturated carbocycles. The number of rotatable bonds is 5. The Morgan fingerprint density at radius 1 is 1.08 bits per heavy atom. The molecule has 2 aromatic carbocycles. The molecule has 26 heavy (non-hydrogen) atoms. The van der Waals surface area contributed by atoms with E-state index in [1.165, 1.54) is 0 Å². The zero-order valence-electron chi connectivity index (χ0n) is 14.7. The molecule has 4 nitrogen and oxygen atoms in total. The third-order valence-electron chi connectivity index (χ3n) is 4.39. The van der Waals surface area contributed by atoms with Crippen LogP contribution in [0.2, 0.25) is 5.02 Å². The molecule has 0 unspecified atom stereocenters. The number of nitrogens with zero attached hydrogens (tertiary/aromatic N) is 2. The predicted octanol–water partition coefficient (Wildman–Crippen LogP) is 5.65. The van der Waals surface area contributed by atoms with Crippen LogP contribution in [0.15, 0.2) is 59.2 Å². The first-order valence-electron chi connectivity index (χ1n) is 8.52. The lowest BCUT2D eigenvalue weighted by Crippen LogP contribution is -2.09. The molecule has 0 N–H and O–H groups in total. The van der Waals surface area contributed by atoms with Crippen LogP contribution in [0.1, 0.15) is 11.1 Å². The largest absolute Gasteiger partial charge is 0.492 e. The minimum Gasteiger partial charge on any atom is -0.492 e. The van der Waals surface area contributed by atoms with Crippen LogP contribution < -0.4 is 4.74 Å². The van der Waals surface area contributed by atoms with Crippen LogP contribution in [-0.4, -0.2) is 16.2 Å². The van der Waals surface area contributed by atoms with Gasteiger partial charge in [-0.05, 0) is 61.4 Å². The van der Waals surface area contributed by atoms with Crippen molar-refractivity contribution >= 4 is 22.6 Å². The van der Waals surface area contributed by atoms with Crippen LogP contribution >= 0.6 is 11.6 Å². The van der Waals surface area contributed by atoms with Gasteiger partial charge in [0.2, 0.25) is 0 Å². The lowest BCUT2D eigenvalue weighted by atomic mass is 10.1. The number of halogens is 1. The highest BCUT2D eigenvalue weighted by Crippen LogP contribution is 2.27. The number of hydrogen-bond acceptors (Lipinski definition) is 3. The van der Waals surface area contributed by atoms with Gasteiger partial charge in [-0.15, -0.1) is 0 Å². The van der Waals surface area contributed by atoms with Crippen molar-refractivity contribution in [3.8, 4) is 17.3 Å². The molecule has 4 aromatic rings. The van der Waals surface area contributed by atoms with Crippen LogP contribution in [0.3, 0.4) is 0 Å². The summed E-state index contributed by atoms with van der Waals surface area (Å²) in [5, 5.41) is 0.790. The zero-order chi connectivity index (χ0) is 18.1. The molecule has 0 saturated heterocycles. The van der Waals surface area contributed by atoms with Gasteiger partial charge in [0.05, 0.1) is 23.8 Å². The second-order valence-electron chi connectivity index (χ2n) is 6.27. The van der Waals surface area contributed by atoms with Crippen molar-refractivity contribution in [3.63, 3.8) is 0 Å². The van der Waals surface area contributed by atoms with Gasteiger partial charge in [-0.25, -0.2) is 4.98 Å². The van der Waals surface area contributed by atoms with Gasteiger partial charge in [-0.1, -0.05) is 23.7 Å². The molecule has 0 aliphatic heterocycles. The van der Waals surface area contributed by atoms with E-state index in [9.17, 15) is 0 Å². The molecular formula is C21H19ClN2O2. The van der Waals surface area contributed by atoms with Gasteiger partial charge in [0, 0.05) is 5.02 Å². The fourth-order valence-electron chi connectivity index (χ4n) is 3.14. The van der Waals surface area contributed by atoms with Crippen molar-refractivity contribution in [2.75, 3.05) is 6.61 Å². The number of aryl methyl sites for hydroxylation is 2. The molecule has 132 valence electrons. The van der Waals surface area contributed by atoms with E-state index in [2.05, 4.69) is 10.6 Å². The maximum atomic E-state index is 6.23. The van der Waals surface area contributed by atoms with Gasteiger partial charge < -0.3 is 13.7 Å². The topological polar surface area (TPSA) is 40.2 Å². The van der Waals surface area contributed by atoms with Crippen molar-refractivity contribution < 1.29 is 9.15 Å². The van der Waals surface area contributed by atoms with E-state index < -0.39 is 0 Å². The highest BCUT2D eigenvalue weighted by molar-refractivity contribution is 6.32. The first-order valence-corrected chi connectivity index (χ1v) is 8.90. The zero-order valence-corrected chi connectivity index (χ0v) is 15.5. The summed E-state index contributed by atoms with van der Waals surface area (Å²) >= 11 is 6.23. The molecule has 0 fully saturated rings. The molecule has 0 bridgehead atoms. The average molecular weight is 367 g/mol. The van der Waals surface area contributed by atoms with Crippen LogP contribution in [-0.2, 0) is 6.54 Å². The third kappa shape index (κ3) is 3.08. The third-order valence-corrected chi connectivity index (χ3v) is 4.99. The molecular weight excluding hydrogens is 348 g/mol. The summed E-state index contributed by atoms with van der Waals surface area (Å²) in [7, 11) is 0. The molecule has 0 amide bonds. The van der Waals surface area contributed by atoms with E-state index in [4.69, 9.17) is 25.7 Å². The summed E-state index contributed by atoms with van der Waals surface area (Å²) < 4.78 is 13.7. The number of fused-ring (bicyclic) bond motifs is 1. The number of hydrogen-bond donors (Lipinski definition) is 0. The molecule has 2 aromatic heterocycles. The van der Waals surface area contributed by atoms with E-state index in [1.807, 2.05) is 56.3 Å². The molecule has 5 heteroatoms. The Labute approximate surface area is 157 Å². The highest BCUT2D eigenvalue weighted by Gasteiger charge is 2.14. The maximum Gasteiger partial charge on any atom is 0.177 e. The average Bonchev–Trinajstić information content (AvgIpc) is 3.27. The van der Waals surface area contributed by atoms with Gasteiger partial charge in [-0.2, -0.15) is 0 Å². The second kappa shape index (κ2) is 6.89. The Hall–Kier alpha value is -2.72. The van der Waals surface area contributed by atoms with Crippen molar-refractivity contribution in [3.05, 3.63) is 70.9 Å². The summed E-state index contributed by atoms with van der Waals surface area (Å²) in [6, 6.07) is 15.8. The quantitative estimate of drug-likeness (QED) is 0.458. The number of aromatic nitrogens is 2. The Morgan fingerprint density at radius 2 is 1.85 bits per heavy atom. The SMILES string of the molecule is Cc1cc(OCCn2c(-c3ccco3)nc3ccccc32)cc(C)c1Cl. The highest BCUT2D eigenvalue weighted by atomic mass is 35.5. The summed E-state index contributed by atoms with van der Waals surface area (Å²) in [4.78, 5) is 4.72. The number of benzene rings is 2. The molecule has 0 aliphatic carbocycles. The molecule has 0 radical (unpaired) electrons. The fraction of sp³-hybridized carbons (Fsp3) is 0.190. The van der Waals surface area contributed by atoms with Crippen LogP contribution in [0.25, 0.3) is 22.6 Å². The number of ether oxygens (including phenoxy) is 1.